The molecule has 0 bridgehead atoms. The summed E-state index contributed by atoms with van der Waals surface area (Å²) < 4.78 is 0. The van der Waals surface area contributed by atoms with E-state index in [9.17, 15) is 39.3 Å². The highest BCUT2D eigenvalue weighted by Gasteiger charge is 2.31. The molecule has 4 unspecified atom stereocenters. The summed E-state index contributed by atoms with van der Waals surface area (Å²) in [6.45, 7) is -0.451. The molecule has 0 aliphatic heterocycles. The van der Waals surface area contributed by atoms with Crippen molar-refractivity contribution < 1.29 is 44.4 Å². The third-order valence-electron chi connectivity index (χ3n) is 5.12. The maximum atomic E-state index is 12.7. The average Bonchev–Trinajstić information content (AvgIpc) is 2.82. The Morgan fingerprint density at radius 3 is 1.92 bits per heavy atom. The summed E-state index contributed by atoms with van der Waals surface area (Å²) in [5, 5.41) is 44.0. The second kappa shape index (κ2) is 15.3. The van der Waals surface area contributed by atoms with Gasteiger partial charge in [0.25, 0.3) is 0 Å². The zero-order chi connectivity index (χ0) is 27.3. The van der Waals surface area contributed by atoms with E-state index in [1.165, 1.54) is 24.3 Å². The van der Waals surface area contributed by atoms with Crippen LogP contribution in [0.1, 0.15) is 31.2 Å². The average molecular weight is 512 g/mol. The lowest BCUT2D eigenvalue weighted by Gasteiger charge is -2.23. The summed E-state index contributed by atoms with van der Waals surface area (Å²) >= 11 is 0. The minimum atomic E-state index is -1.71. The molecule has 3 amide bonds. The summed E-state index contributed by atoms with van der Waals surface area (Å²) in [6, 6.07) is -0.140. The number of carboxylic acid groups (broad SMARTS) is 2. The molecule has 0 spiro atoms. The predicted molar refractivity (Wildman–Crippen MR) is 125 cm³/mol. The van der Waals surface area contributed by atoms with Crippen LogP contribution in [0.4, 0.5) is 0 Å². The fourth-order valence-corrected chi connectivity index (χ4v) is 3.11. The Hall–Kier alpha value is -3.75. The van der Waals surface area contributed by atoms with E-state index in [4.69, 9.17) is 16.6 Å². The summed E-state index contributed by atoms with van der Waals surface area (Å²) in [7, 11) is 0. The number of phenols is 1. The number of amides is 3. The lowest BCUT2D eigenvalue weighted by molar-refractivity contribution is -0.143. The molecule has 14 nitrogen and oxygen atoms in total. The minimum Gasteiger partial charge on any atom is -0.508 e. The molecule has 4 atom stereocenters. The number of aliphatic carboxylic acids is 2. The third-order valence-corrected chi connectivity index (χ3v) is 5.12. The van der Waals surface area contributed by atoms with Crippen molar-refractivity contribution in [1.29, 1.82) is 0 Å². The van der Waals surface area contributed by atoms with E-state index in [-0.39, 0.29) is 18.6 Å². The maximum Gasteiger partial charge on any atom is 0.326 e. The molecule has 200 valence electrons. The lowest BCUT2D eigenvalue weighted by atomic mass is 10.0. The first-order valence-electron chi connectivity index (χ1n) is 11.2. The molecular weight excluding hydrogens is 478 g/mol. The van der Waals surface area contributed by atoms with Crippen LogP contribution in [0.2, 0.25) is 0 Å². The van der Waals surface area contributed by atoms with E-state index in [0.717, 1.165) is 0 Å². The van der Waals surface area contributed by atoms with E-state index in [1.54, 1.807) is 0 Å². The van der Waals surface area contributed by atoms with Crippen LogP contribution in [-0.2, 0) is 30.4 Å². The molecule has 0 aliphatic carbocycles. The molecule has 0 aromatic heterocycles. The Labute approximate surface area is 207 Å². The number of nitrogens with one attached hydrogen (secondary N) is 3. The highest BCUT2D eigenvalue weighted by atomic mass is 16.4. The highest BCUT2D eigenvalue weighted by molar-refractivity contribution is 5.95. The smallest absolute Gasteiger partial charge is 0.326 e. The van der Waals surface area contributed by atoms with Gasteiger partial charge in [0.2, 0.25) is 17.7 Å². The first kappa shape index (κ1) is 30.3. The Kier molecular flexibility index (Phi) is 12.9. The number of hydrogen-bond acceptors (Lipinski definition) is 9. The number of aliphatic hydroxyl groups is 1. The number of aliphatic hydroxyl groups excluding tert-OH is 1. The highest BCUT2D eigenvalue weighted by Crippen LogP contribution is 2.12. The zero-order valence-corrected chi connectivity index (χ0v) is 19.6. The van der Waals surface area contributed by atoms with Crippen molar-refractivity contribution in [2.24, 2.45) is 11.5 Å². The van der Waals surface area contributed by atoms with Crippen LogP contribution in [0.25, 0.3) is 0 Å². The van der Waals surface area contributed by atoms with Crippen LogP contribution < -0.4 is 27.4 Å². The molecule has 1 aromatic carbocycles. The summed E-state index contributed by atoms with van der Waals surface area (Å²) in [5.41, 5.74) is 11.6. The quantitative estimate of drug-likeness (QED) is 0.104. The molecule has 1 rings (SSSR count). The Balaban J connectivity index is 2.87. The summed E-state index contributed by atoms with van der Waals surface area (Å²) in [5.74, 6) is -5.82. The van der Waals surface area contributed by atoms with Crippen molar-refractivity contribution in [3.8, 4) is 5.75 Å². The lowest BCUT2D eigenvalue weighted by Crippen LogP contribution is -2.58. The fourth-order valence-electron chi connectivity index (χ4n) is 3.11. The molecule has 0 aliphatic rings. The van der Waals surface area contributed by atoms with Crippen LogP contribution in [-0.4, -0.2) is 87.4 Å². The van der Waals surface area contributed by atoms with Gasteiger partial charge in [-0.1, -0.05) is 18.6 Å². The molecule has 0 fully saturated rings. The number of carboxylic acids is 2. The molecule has 0 saturated heterocycles. The van der Waals surface area contributed by atoms with Crippen molar-refractivity contribution >= 4 is 29.7 Å². The first-order chi connectivity index (χ1) is 17.0. The molecule has 0 heterocycles. The van der Waals surface area contributed by atoms with Gasteiger partial charge >= 0.3 is 11.9 Å². The van der Waals surface area contributed by atoms with Crippen LogP contribution in [0.15, 0.2) is 24.3 Å². The molecule has 14 heteroatoms. The minimum absolute atomic E-state index is 0.0408. The zero-order valence-electron chi connectivity index (χ0n) is 19.6. The Morgan fingerprint density at radius 2 is 1.39 bits per heavy atom. The van der Waals surface area contributed by atoms with Gasteiger partial charge in [-0.3, -0.25) is 19.2 Å². The number of hydrogen-bond donors (Lipinski definition) is 9. The topological polar surface area (TPSA) is 254 Å². The van der Waals surface area contributed by atoms with Crippen molar-refractivity contribution in [3.63, 3.8) is 0 Å². The number of unbranched alkanes of at least 4 members (excludes halogenated alkanes) is 1. The second-order valence-corrected chi connectivity index (χ2v) is 8.06. The number of nitrogens with two attached hydrogens (primary N) is 2. The molecular formula is C22H33N5O9. The molecule has 0 saturated carbocycles. The predicted octanol–water partition coefficient (Wildman–Crippen LogP) is -2.60. The number of rotatable bonds is 16. The van der Waals surface area contributed by atoms with Gasteiger partial charge in [-0.25, -0.2) is 4.79 Å². The number of carbonyl (C=O) groups is 5. The van der Waals surface area contributed by atoms with E-state index in [2.05, 4.69) is 16.0 Å². The molecule has 36 heavy (non-hydrogen) atoms. The van der Waals surface area contributed by atoms with E-state index in [0.29, 0.717) is 24.9 Å². The normalized spacial score (nSPS) is 14.1. The standard InChI is InChI=1S/C22H33N5O9/c23-8-2-1-3-14(24)19(32)27-17(11-28)21(34)25-15(10-18(30)31)20(33)26-16(22(35)36)9-12-4-6-13(29)7-5-12/h4-7,14-17,28-29H,1-3,8-11,23-24H2,(H,25,34)(H,26,33)(H,27,32)(H,30,31)(H,35,36). The first-order valence-corrected chi connectivity index (χ1v) is 11.2. The monoisotopic (exact) mass is 511 g/mol. The number of benzene rings is 1. The van der Waals surface area contributed by atoms with Gasteiger partial charge in [0.15, 0.2) is 0 Å². The van der Waals surface area contributed by atoms with Crippen molar-refractivity contribution in [1.82, 2.24) is 16.0 Å². The van der Waals surface area contributed by atoms with Gasteiger partial charge in [-0.2, -0.15) is 0 Å². The number of aromatic hydroxyl groups is 1. The van der Waals surface area contributed by atoms with Gasteiger partial charge in [-0.05, 0) is 37.1 Å². The Morgan fingerprint density at radius 1 is 0.833 bits per heavy atom. The third kappa shape index (κ3) is 10.7. The van der Waals surface area contributed by atoms with Crippen LogP contribution in [0.5, 0.6) is 5.75 Å². The van der Waals surface area contributed by atoms with E-state index < -0.39 is 66.9 Å². The second-order valence-electron chi connectivity index (χ2n) is 8.06. The van der Waals surface area contributed by atoms with Gasteiger partial charge in [-0.15, -0.1) is 0 Å². The van der Waals surface area contributed by atoms with Crippen LogP contribution in [0.3, 0.4) is 0 Å². The Bertz CT molecular complexity index is 910. The summed E-state index contributed by atoms with van der Waals surface area (Å²) in [4.78, 5) is 60.4. The fraction of sp³-hybridized carbons (Fsp3) is 0.500. The van der Waals surface area contributed by atoms with Gasteiger partial charge in [0.1, 0.15) is 23.9 Å². The number of phenolic OH excluding ortho intramolecular Hbond substituents is 1. The van der Waals surface area contributed by atoms with Crippen LogP contribution in [0, 0.1) is 0 Å². The number of carbonyl (C=O) groups excluding carboxylic acids is 3. The van der Waals surface area contributed by atoms with Crippen molar-refractivity contribution in [2.75, 3.05) is 13.2 Å². The van der Waals surface area contributed by atoms with Gasteiger partial charge in [0.05, 0.1) is 19.1 Å². The van der Waals surface area contributed by atoms with Crippen molar-refractivity contribution in [2.45, 2.75) is 56.3 Å². The van der Waals surface area contributed by atoms with Gasteiger partial charge in [0, 0.05) is 6.42 Å². The van der Waals surface area contributed by atoms with Gasteiger partial charge < -0.3 is 47.8 Å². The van der Waals surface area contributed by atoms with E-state index >= 15 is 0 Å². The van der Waals surface area contributed by atoms with Crippen LogP contribution >= 0.6 is 0 Å². The molecule has 0 radical (unpaired) electrons. The SMILES string of the molecule is NCCCCC(N)C(=O)NC(CO)C(=O)NC(CC(=O)O)C(=O)NC(Cc1ccc(O)cc1)C(=O)O. The maximum absolute atomic E-state index is 12.7. The molecule has 11 N–H and O–H groups in total. The molecule has 1 aromatic rings. The largest absolute Gasteiger partial charge is 0.508 e. The summed E-state index contributed by atoms with van der Waals surface area (Å²) in [6.07, 6.45) is 0.405. The van der Waals surface area contributed by atoms with Crippen molar-refractivity contribution in [3.05, 3.63) is 29.8 Å². The van der Waals surface area contributed by atoms with E-state index in [1.807, 2.05) is 0 Å².